The fourth-order valence-corrected chi connectivity index (χ4v) is 3.58. The van der Waals surface area contributed by atoms with Crippen molar-refractivity contribution >= 4 is 75.3 Å². The molecule has 3 aromatic rings. The maximum atomic E-state index is 12.4. The van der Waals surface area contributed by atoms with Gasteiger partial charge in [0.25, 0.3) is 11.6 Å². The number of amides is 1. The summed E-state index contributed by atoms with van der Waals surface area (Å²) in [6, 6.07) is 8.58. The number of ether oxygens (including phenoxy) is 1. The quantitative estimate of drug-likeness (QED) is 0.163. The van der Waals surface area contributed by atoms with Crippen LogP contribution in [0.3, 0.4) is 0 Å². The highest BCUT2D eigenvalue weighted by atomic mass is 35.5. The van der Waals surface area contributed by atoms with Crippen LogP contribution in [0, 0.1) is 10.1 Å². The van der Waals surface area contributed by atoms with Gasteiger partial charge in [-0.3, -0.25) is 14.9 Å². The van der Waals surface area contributed by atoms with Crippen molar-refractivity contribution in [2.24, 2.45) is 0 Å². The van der Waals surface area contributed by atoms with Crippen molar-refractivity contribution in [1.82, 2.24) is 0 Å². The van der Waals surface area contributed by atoms with Gasteiger partial charge < -0.3 is 14.5 Å². The van der Waals surface area contributed by atoms with Crippen molar-refractivity contribution in [2.75, 3.05) is 5.32 Å². The van der Waals surface area contributed by atoms with E-state index in [2.05, 4.69) is 5.32 Å². The number of rotatable bonds is 6. The third-order valence-corrected chi connectivity index (χ3v) is 6.00. The number of carbonyl (C=O) groups excluding carboxylic acids is 1. The normalized spacial score (nSPS) is 10.7. The fourth-order valence-electron chi connectivity index (χ4n) is 2.35. The summed E-state index contributed by atoms with van der Waals surface area (Å²) in [6.45, 7) is -0.160. The number of carbonyl (C=O) groups is 1. The van der Waals surface area contributed by atoms with E-state index in [1.165, 1.54) is 30.3 Å². The molecule has 1 amide bonds. The molecule has 0 aliphatic carbocycles. The zero-order chi connectivity index (χ0) is 22.0. The predicted octanol–water partition coefficient (Wildman–Crippen LogP) is 7.29. The van der Waals surface area contributed by atoms with E-state index in [4.69, 9.17) is 67.2 Å². The van der Waals surface area contributed by atoms with Crippen molar-refractivity contribution in [1.29, 1.82) is 0 Å². The molecule has 1 N–H and O–H groups in total. The Hall–Kier alpha value is -2.16. The van der Waals surface area contributed by atoms with Crippen LogP contribution in [-0.4, -0.2) is 10.8 Å². The molecule has 0 atom stereocenters. The molecule has 0 saturated carbocycles. The summed E-state index contributed by atoms with van der Waals surface area (Å²) in [5, 5.41) is 13.4. The third kappa shape index (κ3) is 4.61. The lowest BCUT2D eigenvalue weighted by Gasteiger charge is -2.12. The molecule has 12 heteroatoms. The molecular weight excluding hydrogens is 501 g/mol. The van der Waals surface area contributed by atoms with Crippen LogP contribution >= 0.6 is 58.0 Å². The summed E-state index contributed by atoms with van der Waals surface area (Å²) >= 11 is 30.1. The molecule has 1 heterocycles. The van der Waals surface area contributed by atoms with Crippen molar-refractivity contribution in [3.8, 4) is 5.75 Å². The smallest absolute Gasteiger partial charge is 0.292 e. The number of nitro groups is 1. The molecule has 0 bridgehead atoms. The second-order valence-corrected chi connectivity index (χ2v) is 7.57. The van der Waals surface area contributed by atoms with Crippen LogP contribution < -0.4 is 10.1 Å². The molecule has 0 unspecified atom stereocenters. The number of nitrogens with zero attached hydrogens (tertiary/aromatic N) is 1. The van der Waals surface area contributed by atoms with Gasteiger partial charge in [0.05, 0.1) is 20.0 Å². The van der Waals surface area contributed by atoms with Gasteiger partial charge in [-0.2, -0.15) is 0 Å². The lowest BCUT2D eigenvalue weighted by atomic mass is 10.2. The molecule has 2 aromatic carbocycles. The molecule has 3 rings (SSSR count). The Bertz CT molecular complexity index is 1120. The van der Waals surface area contributed by atoms with Gasteiger partial charge in [-0.15, -0.1) is 0 Å². The van der Waals surface area contributed by atoms with Crippen molar-refractivity contribution in [2.45, 2.75) is 6.61 Å². The fraction of sp³-hybridized carbons (Fsp3) is 0.0556. The number of para-hydroxylation sites is 2. The van der Waals surface area contributed by atoms with E-state index >= 15 is 0 Å². The van der Waals surface area contributed by atoms with Crippen LogP contribution in [0.5, 0.6) is 5.75 Å². The number of halogens is 5. The first-order valence-electron chi connectivity index (χ1n) is 7.98. The average Bonchev–Trinajstić information content (AvgIpc) is 3.20. The highest BCUT2D eigenvalue weighted by Gasteiger charge is 2.22. The largest absolute Gasteiger partial charge is 0.482 e. The molecule has 30 heavy (non-hydrogen) atoms. The Balaban J connectivity index is 1.74. The number of benzene rings is 2. The molecule has 0 radical (unpaired) electrons. The van der Waals surface area contributed by atoms with Gasteiger partial charge in [0.2, 0.25) is 0 Å². The Labute approximate surface area is 194 Å². The van der Waals surface area contributed by atoms with Crippen LogP contribution in [0.2, 0.25) is 25.1 Å². The maximum absolute atomic E-state index is 12.4. The van der Waals surface area contributed by atoms with E-state index in [-0.39, 0.29) is 60.4 Å². The van der Waals surface area contributed by atoms with E-state index in [1.54, 1.807) is 6.07 Å². The Morgan fingerprint density at radius 1 is 0.967 bits per heavy atom. The Morgan fingerprint density at radius 3 is 2.20 bits per heavy atom. The Kier molecular flexibility index (Phi) is 7.00. The molecule has 0 aliphatic heterocycles. The first kappa shape index (κ1) is 22.5. The van der Waals surface area contributed by atoms with Crippen LogP contribution in [0.25, 0.3) is 0 Å². The van der Waals surface area contributed by atoms with Gasteiger partial charge in [0.15, 0.2) is 11.5 Å². The highest BCUT2D eigenvalue weighted by Crippen LogP contribution is 2.48. The summed E-state index contributed by atoms with van der Waals surface area (Å²) in [7, 11) is 0. The molecule has 0 aliphatic rings. The van der Waals surface area contributed by atoms with Gasteiger partial charge in [-0.1, -0.05) is 70.1 Å². The van der Waals surface area contributed by atoms with Crippen LogP contribution in [-0.2, 0) is 6.61 Å². The minimum absolute atomic E-state index is 0.0000419. The minimum atomic E-state index is -0.677. The van der Waals surface area contributed by atoms with Crippen LogP contribution in [0.15, 0.2) is 40.8 Å². The monoisotopic (exact) mass is 508 g/mol. The molecule has 0 fully saturated rings. The Morgan fingerprint density at radius 2 is 1.57 bits per heavy atom. The van der Waals surface area contributed by atoms with Crippen LogP contribution in [0.4, 0.5) is 11.4 Å². The van der Waals surface area contributed by atoms with Crippen molar-refractivity contribution in [3.05, 3.63) is 83.1 Å². The topological polar surface area (TPSA) is 94.6 Å². The number of hydrogen-bond acceptors (Lipinski definition) is 5. The summed E-state index contributed by atoms with van der Waals surface area (Å²) in [5.74, 6) is -0.516. The SMILES string of the molecule is O=C(Nc1ccccc1[N+](=O)[O-])c1ccc(COc2c(Cl)c(Cl)c(Cl)c(Cl)c2Cl)o1. The molecule has 1 aromatic heterocycles. The minimum Gasteiger partial charge on any atom is -0.482 e. The second kappa shape index (κ2) is 9.32. The van der Waals surface area contributed by atoms with Gasteiger partial charge >= 0.3 is 0 Å². The van der Waals surface area contributed by atoms with Gasteiger partial charge in [0.1, 0.15) is 28.1 Å². The lowest BCUT2D eigenvalue weighted by Crippen LogP contribution is -2.12. The van der Waals surface area contributed by atoms with Gasteiger partial charge in [0, 0.05) is 6.07 Å². The molecule has 7 nitrogen and oxygen atoms in total. The molecule has 0 spiro atoms. The third-order valence-electron chi connectivity index (χ3n) is 3.76. The summed E-state index contributed by atoms with van der Waals surface area (Å²) in [4.78, 5) is 22.8. The maximum Gasteiger partial charge on any atom is 0.292 e. The lowest BCUT2D eigenvalue weighted by molar-refractivity contribution is -0.383. The molecule has 156 valence electrons. The molecular formula is C18H9Cl5N2O5. The zero-order valence-corrected chi connectivity index (χ0v) is 18.3. The zero-order valence-electron chi connectivity index (χ0n) is 14.5. The second-order valence-electron chi connectivity index (χ2n) is 5.68. The number of nitrogens with one attached hydrogen (secondary N) is 1. The van der Waals surface area contributed by atoms with Crippen molar-refractivity contribution in [3.63, 3.8) is 0 Å². The van der Waals surface area contributed by atoms with E-state index in [0.717, 1.165) is 0 Å². The standard InChI is InChI=1S/C18H9Cl5N2O5/c19-12-13(20)15(22)17(16(23)14(12)21)29-7-8-5-6-11(30-8)18(26)24-9-3-1-2-4-10(9)25(27)28/h1-6H,7H2,(H,24,26). The average molecular weight is 511 g/mol. The summed E-state index contributed by atoms with van der Waals surface area (Å²) in [6.07, 6.45) is 0. The van der Waals surface area contributed by atoms with E-state index in [1.807, 2.05) is 0 Å². The van der Waals surface area contributed by atoms with Crippen LogP contribution in [0.1, 0.15) is 16.3 Å². The first-order chi connectivity index (χ1) is 14.2. The van der Waals surface area contributed by atoms with E-state index < -0.39 is 10.8 Å². The van der Waals surface area contributed by atoms with Gasteiger partial charge in [-0.05, 0) is 18.2 Å². The van der Waals surface area contributed by atoms with Gasteiger partial charge in [-0.25, -0.2) is 0 Å². The van der Waals surface area contributed by atoms with E-state index in [9.17, 15) is 14.9 Å². The number of furan rings is 1. The first-order valence-corrected chi connectivity index (χ1v) is 9.87. The van der Waals surface area contributed by atoms with E-state index in [0.29, 0.717) is 0 Å². The number of anilines is 1. The van der Waals surface area contributed by atoms with Crippen molar-refractivity contribution < 1.29 is 18.9 Å². The molecule has 0 saturated heterocycles. The number of nitro benzene ring substituents is 1. The predicted molar refractivity (Wildman–Crippen MR) is 116 cm³/mol. The highest BCUT2D eigenvalue weighted by molar-refractivity contribution is 6.55. The number of hydrogen-bond donors (Lipinski definition) is 1. The summed E-state index contributed by atoms with van der Waals surface area (Å²) in [5.41, 5.74) is -0.215. The summed E-state index contributed by atoms with van der Waals surface area (Å²) < 4.78 is 10.9.